The van der Waals surface area contributed by atoms with Crippen LogP contribution in [0, 0.1) is 0 Å². The Morgan fingerprint density at radius 1 is 1.36 bits per heavy atom. The van der Waals surface area contributed by atoms with Gasteiger partial charge < -0.3 is 15.8 Å². The van der Waals surface area contributed by atoms with Crippen molar-refractivity contribution in [1.29, 1.82) is 0 Å². The van der Waals surface area contributed by atoms with E-state index in [1.807, 2.05) is 12.1 Å². The second kappa shape index (κ2) is 7.77. The summed E-state index contributed by atoms with van der Waals surface area (Å²) in [5.41, 5.74) is 3.16. The van der Waals surface area contributed by atoms with Gasteiger partial charge in [-0.2, -0.15) is 0 Å². The van der Waals surface area contributed by atoms with Crippen molar-refractivity contribution in [2.75, 3.05) is 0 Å². The highest BCUT2D eigenvalue weighted by Gasteiger charge is 2.32. The molecule has 136 valence electrons. The summed E-state index contributed by atoms with van der Waals surface area (Å²) in [6, 6.07) is 5.60. The van der Waals surface area contributed by atoms with Crippen molar-refractivity contribution in [3.05, 3.63) is 51.0 Å². The maximum Gasteiger partial charge on any atom is 0.304 e. The number of aromatic nitrogens is 2. The lowest BCUT2D eigenvalue weighted by molar-refractivity contribution is -0.137. The van der Waals surface area contributed by atoms with Crippen molar-refractivity contribution in [2.45, 2.75) is 51.5 Å². The Balaban J connectivity index is 0.00000225. The molecule has 2 aromatic rings. The van der Waals surface area contributed by atoms with E-state index in [1.165, 1.54) is 0 Å². The molecule has 1 unspecified atom stereocenters. The molecule has 1 aromatic heterocycles. The van der Waals surface area contributed by atoms with Gasteiger partial charge in [-0.1, -0.05) is 43.1 Å². The summed E-state index contributed by atoms with van der Waals surface area (Å²) in [5.74, 6) is 0.534. The number of carboxylic acids is 1. The lowest BCUT2D eigenvalue weighted by Crippen LogP contribution is -2.14. The number of carbonyl (C=O) groups is 1. The molecule has 0 fully saturated rings. The molecule has 1 heterocycles. The van der Waals surface area contributed by atoms with Crippen LogP contribution in [0.2, 0.25) is 10.0 Å². The first-order chi connectivity index (χ1) is 11.4. The summed E-state index contributed by atoms with van der Waals surface area (Å²) < 4.78 is 2.18. The Labute approximate surface area is 157 Å². The fourth-order valence-electron chi connectivity index (χ4n) is 3.46. The number of fused-ring (bicyclic) bond motifs is 1. The molecule has 0 bridgehead atoms. The molecule has 5 nitrogen and oxygen atoms in total. The second-order valence-electron chi connectivity index (χ2n) is 6.62. The van der Waals surface area contributed by atoms with Gasteiger partial charge in [0, 0.05) is 24.1 Å². The van der Waals surface area contributed by atoms with Gasteiger partial charge in [0.25, 0.3) is 0 Å². The highest BCUT2D eigenvalue weighted by Crippen LogP contribution is 2.38. The number of carboxylic acid groups (broad SMARTS) is 1. The Morgan fingerprint density at radius 3 is 2.68 bits per heavy atom. The molecule has 7 heteroatoms. The minimum absolute atomic E-state index is 0. The molecule has 1 atom stereocenters. The van der Waals surface area contributed by atoms with Gasteiger partial charge in [0.1, 0.15) is 5.82 Å². The summed E-state index contributed by atoms with van der Waals surface area (Å²) in [6.07, 6.45) is 1.85. The highest BCUT2D eigenvalue weighted by atomic mass is 35.5. The van der Waals surface area contributed by atoms with E-state index in [4.69, 9.17) is 28.2 Å². The van der Waals surface area contributed by atoms with E-state index < -0.39 is 5.97 Å². The van der Waals surface area contributed by atoms with Gasteiger partial charge in [0.2, 0.25) is 0 Å². The minimum atomic E-state index is -0.763. The summed E-state index contributed by atoms with van der Waals surface area (Å²) >= 11 is 12.1. The molecule has 0 spiro atoms. The van der Waals surface area contributed by atoms with Crippen molar-refractivity contribution in [3.8, 4) is 0 Å². The zero-order valence-corrected chi connectivity index (χ0v) is 15.9. The smallest absolute Gasteiger partial charge is 0.304 e. The topological polar surface area (TPSA) is 90.1 Å². The van der Waals surface area contributed by atoms with Gasteiger partial charge in [0.15, 0.2) is 0 Å². The van der Waals surface area contributed by atoms with E-state index in [1.54, 1.807) is 6.07 Å². The highest BCUT2D eigenvalue weighted by molar-refractivity contribution is 6.42. The van der Waals surface area contributed by atoms with Crippen LogP contribution < -0.4 is 6.15 Å². The molecule has 0 saturated carbocycles. The quantitative estimate of drug-likeness (QED) is 0.757. The fourth-order valence-corrected chi connectivity index (χ4v) is 3.78. The molecule has 25 heavy (non-hydrogen) atoms. The van der Waals surface area contributed by atoms with Gasteiger partial charge in [-0.25, -0.2) is 4.98 Å². The largest absolute Gasteiger partial charge is 0.481 e. The minimum Gasteiger partial charge on any atom is -0.481 e. The predicted octanol–water partition coefficient (Wildman–Crippen LogP) is 5.03. The van der Waals surface area contributed by atoms with E-state index >= 15 is 0 Å². The van der Waals surface area contributed by atoms with Gasteiger partial charge in [-0.15, -0.1) is 0 Å². The summed E-state index contributed by atoms with van der Waals surface area (Å²) in [7, 11) is 0. The molecule has 0 saturated heterocycles. The molecule has 0 amide bonds. The molecule has 1 aromatic carbocycles. The standard InChI is InChI=1S/C18H20Cl2N2O2.H3N/c1-10(2)18-21-15-6-4-12(8-16(23)24)17(15)22(18)9-11-3-5-13(19)14(20)7-11;/h3,5,7,10,12H,4,6,8-9H2,1-2H3,(H,23,24);1H3. The third kappa shape index (κ3) is 4.00. The zero-order chi connectivity index (χ0) is 17.4. The first-order valence-corrected chi connectivity index (χ1v) is 8.87. The average molecular weight is 384 g/mol. The third-order valence-corrected chi connectivity index (χ3v) is 5.23. The number of aliphatic carboxylic acids is 1. The second-order valence-corrected chi connectivity index (χ2v) is 7.44. The lowest BCUT2D eigenvalue weighted by Gasteiger charge is -2.17. The summed E-state index contributed by atoms with van der Waals surface area (Å²) in [6.45, 7) is 4.84. The average Bonchev–Trinajstić information content (AvgIpc) is 3.04. The fraction of sp³-hybridized carbons (Fsp3) is 0.444. The van der Waals surface area contributed by atoms with Crippen LogP contribution in [-0.4, -0.2) is 20.6 Å². The van der Waals surface area contributed by atoms with Gasteiger partial charge in [-0.3, -0.25) is 4.79 Å². The predicted molar refractivity (Wildman–Crippen MR) is 100 cm³/mol. The number of nitrogens with zero attached hydrogens (tertiary/aromatic N) is 2. The Kier molecular flexibility index (Phi) is 6.14. The van der Waals surface area contributed by atoms with Crippen LogP contribution in [0.25, 0.3) is 0 Å². The van der Waals surface area contributed by atoms with E-state index in [9.17, 15) is 9.90 Å². The molecule has 0 aliphatic heterocycles. The number of imidazole rings is 1. The molecule has 4 N–H and O–H groups in total. The van der Waals surface area contributed by atoms with Gasteiger partial charge in [-0.05, 0) is 30.5 Å². The molecular formula is C18H23Cl2N3O2. The number of aryl methyl sites for hydroxylation is 1. The monoisotopic (exact) mass is 383 g/mol. The molecule has 0 radical (unpaired) electrons. The van der Waals surface area contributed by atoms with Crippen LogP contribution in [0.15, 0.2) is 18.2 Å². The number of hydrogen-bond acceptors (Lipinski definition) is 3. The summed E-state index contributed by atoms with van der Waals surface area (Å²) in [5, 5.41) is 10.3. The Hall–Kier alpha value is -1.56. The van der Waals surface area contributed by atoms with Crippen molar-refractivity contribution in [1.82, 2.24) is 15.7 Å². The van der Waals surface area contributed by atoms with Crippen molar-refractivity contribution in [3.63, 3.8) is 0 Å². The number of benzene rings is 1. The first-order valence-electron chi connectivity index (χ1n) is 8.11. The van der Waals surface area contributed by atoms with E-state index in [0.29, 0.717) is 16.6 Å². The first kappa shape index (κ1) is 19.8. The van der Waals surface area contributed by atoms with E-state index in [0.717, 1.165) is 35.6 Å². The molecule has 1 aliphatic rings. The number of hydrogen-bond donors (Lipinski definition) is 2. The lowest BCUT2D eigenvalue weighted by atomic mass is 10.0. The van der Waals surface area contributed by atoms with E-state index in [2.05, 4.69) is 18.4 Å². The maximum absolute atomic E-state index is 11.2. The van der Waals surface area contributed by atoms with Gasteiger partial charge >= 0.3 is 5.97 Å². The van der Waals surface area contributed by atoms with Gasteiger partial charge in [0.05, 0.1) is 22.2 Å². The van der Waals surface area contributed by atoms with Crippen molar-refractivity contribution >= 4 is 29.2 Å². The van der Waals surface area contributed by atoms with Crippen molar-refractivity contribution in [2.24, 2.45) is 0 Å². The zero-order valence-electron chi connectivity index (χ0n) is 14.4. The van der Waals surface area contributed by atoms with Crippen LogP contribution in [-0.2, 0) is 17.8 Å². The Morgan fingerprint density at radius 2 is 2.08 bits per heavy atom. The van der Waals surface area contributed by atoms with Crippen LogP contribution in [0.1, 0.15) is 61.3 Å². The summed E-state index contributed by atoms with van der Waals surface area (Å²) in [4.78, 5) is 16.0. The molecule has 1 aliphatic carbocycles. The van der Waals surface area contributed by atoms with E-state index in [-0.39, 0.29) is 24.4 Å². The number of halogens is 2. The molecule has 3 rings (SSSR count). The number of rotatable bonds is 5. The SMILES string of the molecule is CC(C)c1nc2c(n1Cc1ccc(Cl)c(Cl)c1)C(CC(=O)O)CC2.N. The van der Waals surface area contributed by atoms with Crippen LogP contribution in [0.4, 0.5) is 0 Å². The Bertz CT molecular complexity index is 787. The van der Waals surface area contributed by atoms with Crippen molar-refractivity contribution < 1.29 is 9.90 Å². The van der Waals surface area contributed by atoms with Crippen LogP contribution in [0.5, 0.6) is 0 Å². The third-order valence-electron chi connectivity index (χ3n) is 4.49. The normalized spacial score (nSPS) is 16.0. The van der Waals surface area contributed by atoms with Crippen LogP contribution >= 0.6 is 23.2 Å². The molecular weight excluding hydrogens is 361 g/mol. The van der Waals surface area contributed by atoms with Crippen LogP contribution in [0.3, 0.4) is 0 Å². The maximum atomic E-state index is 11.2.